The minimum atomic E-state index is -3.28. The Labute approximate surface area is 120 Å². The molecule has 1 atom stereocenters. The number of anilines is 1. The Kier molecular flexibility index (Phi) is 6.98. The van der Waals surface area contributed by atoms with Gasteiger partial charge >= 0.3 is 0 Å². The summed E-state index contributed by atoms with van der Waals surface area (Å²) >= 11 is 0. The van der Waals surface area contributed by atoms with E-state index in [0.29, 0.717) is 30.0 Å². The van der Waals surface area contributed by atoms with Gasteiger partial charge in [-0.2, -0.15) is 0 Å². The van der Waals surface area contributed by atoms with Gasteiger partial charge in [0.2, 0.25) is 0 Å². The number of benzene rings is 1. The van der Waals surface area contributed by atoms with E-state index < -0.39 is 9.84 Å². The van der Waals surface area contributed by atoms with Crippen LogP contribution >= 0.6 is 0 Å². The average molecular weight is 301 g/mol. The molecule has 0 aliphatic heterocycles. The number of nitrogens with one attached hydrogen (secondary N) is 1. The van der Waals surface area contributed by atoms with Gasteiger partial charge in [-0.05, 0) is 25.0 Å². The predicted molar refractivity (Wildman–Crippen MR) is 79.8 cm³/mol. The highest BCUT2D eigenvalue weighted by atomic mass is 32.2. The molecule has 0 bridgehead atoms. The molecule has 0 saturated carbocycles. The van der Waals surface area contributed by atoms with Gasteiger partial charge < -0.3 is 15.2 Å². The van der Waals surface area contributed by atoms with E-state index in [1.54, 1.807) is 31.4 Å². The second-order valence-electron chi connectivity index (χ2n) is 4.62. The topological polar surface area (TPSA) is 75.6 Å². The van der Waals surface area contributed by atoms with Crippen LogP contribution in [0.25, 0.3) is 0 Å². The van der Waals surface area contributed by atoms with Crippen molar-refractivity contribution in [2.45, 2.75) is 30.7 Å². The van der Waals surface area contributed by atoms with Crippen molar-refractivity contribution in [1.29, 1.82) is 0 Å². The predicted octanol–water partition coefficient (Wildman–Crippen LogP) is 1.68. The molecule has 6 heteroatoms. The van der Waals surface area contributed by atoms with Crippen LogP contribution in [0.4, 0.5) is 5.69 Å². The molecule has 5 nitrogen and oxygen atoms in total. The SMILES string of the molecule is CCCS(=O)(=O)c1ccccc1NC(CCO)COC. The molecule has 0 radical (unpaired) electrons. The van der Waals surface area contributed by atoms with E-state index in [1.807, 2.05) is 6.92 Å². The summed E-state index contributed by atoms with van der Waals surface area (Å²) in [6.45, 7) is 2.26. The Balaban J connectivity index is 3.00. The summed E-state index contributed by atoms with van der Waals surface area (Å²) < 4.78 is 29.5. The van der Waals surface area contributed by atoms with Crippen LogP contribution in [0.1, 0.15) is 19.8 Å². The Morgan fingerprint density at radius 3 is 2.65 bits per heavy atom. The molecule has 2 N–H and O–H groups in total. The highest BCUT2D eigenvalue weighted by Crippen LogP contribution is 2.23. The fourth-order valence-corrected chi connectivity index (χ4v) is 3.52. The van der Waals surface area contributed by atoms with E-state index in [1.165, 1.54) is 0 Å². The molecule has 1 aromatic carbocycles. The number of hydrogen-bond acceptors (Lipinski definition) is 5. The maximum absolute atomic E-state index is 12.2. The molecule has 0 spiro atoms. The zero-order chi connectivity index (χ0) is 15.0. The van der Waals surface area contributed by atoms with Crippen molar-refractivity contribution in [2.24, 2.45) is 0 Å². The first-order chi connectivity index (χ1) is 9.55. The number of aliphatic hydroxyl groups is 1. The van der Waals surface area contributed by atoms with Crippen molar-refractivity contribution in [3.63, 3.8) is 0 Å². The first-order valence-corrected chi connectivity index (χ1v) is 8.38. The number of aliphatic hydroxyl groups excluding tert-OH is 1. The second-order valence-corrected chi connectivity index (χ2v) is 6.70. The van der Waals surface area contributed by atoms with Crippen LogP contribution in [-0.2, 0) is 14.6 Å². The van der Waals surface area contributed by atoms with Gasteiger partial charge in [0.05, 0.1) is 29.0 Å². The van der Waals surface area contributed by atoms with E-state index >= 15 is 0 Å². The largest absolute Gasteiger partial charge is 0.396 e. The number of para-hydroxylation sites is 1. The van der Waals surface area contributed by atoms with Crippen molar-refractivity contribution >= 4 is 15.5 Å². The Morgan fingerprint density at radius 1 is 1.35 bits per heavy atom. The number of hydrogen-bond donors (Lipinski definition) is 2. The monoisotopic (exact) mass is 301 g/mol. The van der Waals surface area contributed by atoms with Gasteiger partial charge in [0.15, 0.2) is 9.84 Å². The first kappa shape index (κ1) is 16.9. The smallest absolute Gasteiger partial charge is 0.180 e. The summed E-state index contributed by atoms with van der Waals surface area (Å²) in [6.07, 6.45) is 1.07. The molecule has 1 aromatic rings. The average Bonchev–Trinajstić information content (AvgIpc) is 2.39. The van der Waals surface area contributed by atoms with Crippen molar-refractivity contribution in [3.05, 3.63) is 24.3 Å². The van der Waals surface area contributed by atoms with Crippen LogP contribution in [-0.4, -0.2) is 45.6 Å². The van der Waals surface area contributed by atoms with Gasteiger partial charge in [-0.1, -0.05) is 19.1 Å². The summed E-state index contributed by atoms with van der Waals surface area (Å²) in [6, 6.07) is 6.72. The van der Waals surface area contributed by atoms with Gasteiger partial charge in [0, 0.05) is 13.7 Å². The molecule has 20 heavy (non-hydrogen) atoms. The third kappa shape index (κ3) is 4.77. The second kappa shape index (κ2) is 8.24. The number of methoxy groups -OCH3 is 1. The zero-order valence-electron chi connectivity index (χ0n) is 12.0. The molecule has 0 aliphatic rings. The van der Waals surface area contributed by atoms with E-state index in [-0.39, 0.29) is 18.4 Å². The normalized spacial score (nSPS) is 13.2. The molecule has 0 fully saturated rings. The van der Waals surface area contributed by atoms with Crippen molar-refractivity contribution < 1.29 is 18.3 Å². The van der Waals surface area contributed by atoms with E-state index in [4.69, 9.17) is 9.84 Å². The molecular formula is C14H23NO4S. The van der Waals surface area contributed by atoms with E-state index in [9.17, 15) is 8.42 Å². The van der Waals surface area contributed by atoms with Crippen LogP contribution in [0.2, 0.25) is 0 Å². The maximum atomic E-state index is 12.2. The molecule has 1 rings (SSSR count). The highest BCUT2D eigenvalue weighted by Gasteiger charge is 2.19. The molecule has 1 unspecified atom stereocenters. The van der Waals surface area contributed by atoms with Crippen LogP contribution in [0, 0.1) is 0 Å². The van der Waals surface area contributed by atoms with Gasteiger partial charge in [-0.25, -0.2) is 8.42 Å². The van der Waals surface area contributed by atoms with Crippen LogP contribution in [0.15, 0.2) is 29.2 Å². The van der Waals surface area contributed by atoms with Crippen molar-refractivity contribution in [3.8, 4) is 0 Å². The first-order valence-electron chi connectivity index (χ1n) is 6.73. The third-order valence-electron chi connectivity index (χ3n) is 2.90. The van der Waals surface area contributed by atoms with Gasteiger partial charge in [-0.3, -0.25) is 0 Å². The number of sulfone groups is 1. The maximum Gasteiger partial charge on any atom is 0.180 e. The Hall–Kier alpha value is -1.11. The molecular weight excluding hydrogens is 278 g/mol. The standard InChI is InChI=1S/C14H23NO4S/c1-3-10-20(17,18)14-7-5-4-6-13(14)15-12(8-9-16)11-19-2/h4-7,12,15-16H,3,8-11H2,1-2H3. The van der Waals surface area contributed by atoms with E-state index in [0.717, 1.165) is 0 Å². The minimum absolute atomic E-state index is 0.0188. The lowest BCUT2D eigenvalue weighted by atomic mass is 10.2. The number of ether oxygens (including phenoxy) is 1. The molecule has 0 amide bonds. The zero-order valence-corrected chi connectivity index (χ0v) is 12.8. The molecule has 0 heterocycles. The van der Waals surface area contributed by atoms with Gasteiger partial charge in [0.1, 0.15) is 0 Å². The summed E-state index contributed by atoms with van der Waals surface area (Å²) in [5, 5.41) is 12.2. The lowest BCUT2D eigenvalue weighted by molar-refractivity contribution is 0.170. The van der Waals surface area contributed by atoms with Gasteiger partial charge in [-0.15, -0.1) is 0 Å². The summed E-state index contributed by atoms with van der Waals surface area (Å²) in [7, 11) is -1.71. The highest BCUT2D eigenvalue weighted by molar-refractivity contribution is 7.91. The minimum Gasteiger partial charge on any atom is -0.396 e. The Bertz CT molecular complexity index is 496. The molecule has 0 saturated heterocycles. The molecule has 114 valence electrons. The number of rotatable bonds is 9. The molecule has 0 aromatic heterocycles. The van der Waals surface area contributed by atoms with Crippen LogP contribution < -0.4 is 5.32 Å². The van der Waals surface area contributed by atoms with Crippen LogP contribution in [0.3, 0.4) is 0 Å². The van der Waals surface area contributed by atoms with Crippen LogP contribution in [0.5, 0.6) is 0 Å². The fraction of sp³-hybridized carbons (Fsp3) is 0.571. The summed E-state index contributed by atoms with van der Waals surface area (Å²) in [5.74, 6) is 0.126. The van der Waals surface area contributed by atoms with Crippen molar-refractivity contribution in [2.75, 3.05) is 31.4 Å². The quantitative estimate of drug-likeness (QED) is 0.726. The van der Waals surface area contributed by atoms with E-state index in [2.05, 4.69) is 5.32 Å². The van der Waals surface area contributed by atoms with Gasteiger partial charge in [0.25, 0.3) is 0 Å². The fourth-order valence-electron chi connectivity index (χ4n) is 2.01. The Morgan fingerprint density at radius 2 is 2.05 bits per heavy atom. The lowest BCUT2D eigenvalue weighted by Gasteiger charge is -2.20. The summed E-state index contributed by atoms with van der Waals surface area (Å²) in [4.78, 5) is 0.306. The molecule has 0 aliphatic carbocycles. The third-order valence-corrected chi connectivity index (χ3v) is 4.87. The lowest BCUT2D eigenvalue weighted by Crippen LogP contribution is -2.27. The summed E-state index contributed by atoms with van der Waals surface area (Å²) in [5.41, 5.74) is 0.566. The van der Waals surface area contributed by atoms with Crippen molar-refractivity contribution in [1.82, 2.24) is 0 Å².